The number of nitrogens with one attached hydrogen (secondary N) is 1. The van der Waals surface area contributed by atoms with Crippen LogP contribution in [0, 0.1) is 0 Å². The molecule has 3 amide bonds. The van der Waals surface area contributed by atoms with Crippen LogP contribution in [0.25, 0.3) is 0 Å². The van der Waals surface area contributed by atoms with Gasteiger partial charge in [-0.05, 0) is 19.1 Å². The van der Waals surface area contributed by atoms with Crippen molar-refractivity contribution in [1.82, 2.24) is 15.1 Å². The average Bonchev–Trinajstić information content (AvgIpc) is 2.72. The number of para-hydroxylation sites is 2. The molecule has 1 aromatic carbocycles. The number of hydrogen-bond donors (Lipinski definition) is 1. The van der Waals surface area contributed by atoms with Crippen LogP contribution < -0.4 is 14.8 Å². The molecule has 27 heavy (non-hydrogen) atoms. The van der Waals surface area contributed by atoms with Gasteiger partial charge in [0, 0.05) is 26.2 Å². The van der Waals surface area contributed by atoms with Gasteiger partial charge in [-0.1, -0.05) is 12.1 Å². The molecular formula is C18H23N3O6. The predicted molar refractivity (Wildman–Crippen MR) is 94.5 cm³/mol. The van der Waals surface area contributed by atoms with E-state index < -0.39 is 24.1 Å². The molecule has 146 valence electrons. The summed E-state index contributed by atoms with van der Waals surface area (Å²) in [7, 11) is 1.20. The molecule has 0 aliphatic carbocycles. The summed E-state index contributed by atoms with van der Waals surface area (Å²) in [6.07, 6.45) is -1.46. The maximum Gasteiger partial charge on any atom is 0.413 e. The summed E-state index contributed by atoms with van der Waals surface area (Å²) in [4.78, 5) is 39.5. The first-order valence-electron chi connectivity index (χ1n) is 8.79. The Morgan fingerprint density at radius 2 is 1.81 bits per heavy atom. The molecule has 0 saturated carbocycles. The minimum Gasteiger partial charge on any atom is -0.485 e. The third-order valence-electron chi connectivity index (χ3n) is 4.75. The number of carbonyl (C=O) groups excluding carboxylic acids is 3. The van der Waals surface area contributed by atoms with Crippen molar-refractivity contribution in [3.8, 4) is 11.5 Å². The molecule has 2 atom stereocenters. The summed E-state index contributed by atoms with van der Waals surface area (Å²) in [5.74, 6) is 0.642. The van der Waals surface area contributed by atoms with E-state index in [2.05, 4.69) is 10.1 Å². The van der Waals surface area contributed by atoms with Crippen LogP contribution in [-0.2, 0) is 14.3 Å². The van der Waals surface area contributed by atoms with Gasteiger partial charge in [0.15, 0.2) is 11.5 Å². The van der Waals surface area contributed by atoms with Crippen LogP contribution in [0.15, 0.2) is 24.3 Å². The highest BCUT2D eigenvalue weighted by Gasteiger charge is 2.34. The van der Waals surface area contributed by atoms with Crippen molar-refractivity contribution < 1.29 is 28.6 Å². The van der Waals surface area contributed by atoms with Gasteiger partial charge in [-0.2, -0.15) is 0 Å². The molecule has 2 heterocycles. The fraction of sp³-hybridized carbons (Fsp3) is 0.500. The van der Waals surface area contributed by atoms with Gasteiger partial charge in [-0.15, -0.1) is 0 Å². The summed E-state index contributed by atoms with van der Waals surface area (Å²) in [6, 6.07) is 6.75. The summed E-state index contributed by atoms with van der Waals surface area (Å²) < 4.78 is 15.8. The Bertz CT molecular complexity index is 717. The second kappa shape index (κ2) is 8.26. The lowest BCUT2D eigenvalue weighted by Crippen LogP contribution is -2.57. The molecule has 0 aromatic heterocycles. The number of alkyl carbamates (subject to hydrolysis) is 1. The SMILES string of the molecule is COC(=O)NC(=O)[C@@H](C)N1CCN(C(=O)[C@H]2COc3ccccc3O2)CC1. The summed E-state index contributed by atoms with van der Waals surface area (Å²) in [5.41, 5.74) is 0. The van der Waals surface area contributed by atoms with E-state index in [0.29, 0.717) is 37.7 Å². The van der Waals surface area contributed by atoms with Crippen molar-refractivity contribution in [2.45, 2.75) is 19.1 Å². The fourth-order valence-electron chi connectivity index (χ4n) is 3.10. The van der Waals surface area contributed by atoms with Crippen LogP contribution in [0.5, 0.6) is 11.5 Å². The summed E-state index contributed by atoms with van der Waals surface area (Å²) in [6.45, 7) is 3.86. The van der Waals surface area contributed by atoms with Crippen LogP contribution >= 0.6 is 0 Å². The number of ether oxygens (including phenoxy) is 3. The third-order valence-corrected chi connectivity index (χ3v) is 4.75. The van der Waals surface area contributed by atoms with Gasteiger partial charge < -0.3 is 19.1 Å². The number of methoxy groups -OCH3 is 1. The highest BCUT2D eigenvalue weighted by Crippen LogP contribution is 2.31. The van der Waals surface area contributed by atoms with E-state index in [4.69, 9.17) is 9.47 Å². The molecule has 0 spiro atoms. The Labute approximate surface area is 157 Å². The number of fused-ring (bicyclic) bond motifs is 1. The smallest absolute Gasteiger partial charge is 0.413 e. The molecule has 1 saturated heterocycles. The zero-order valence-corrected chi connectivity index (χ0v) is 15.3. The molecule has 1 aromatic rings. The maximum absolute atomic E-state index is 12.7. The second-order valence-electron chi connectivity index (χ2n) is 6.38. The molecule has 1 N–H and O–H groups in total. The largest absolute Gasteiger partial charge is 0.485 e. The van der Waals surface area contributed by atoms with Gasteiger partial charge in [0.05, 0.1) is 13.2 Å². The van der Waals surface area contributed by atoms with Crippen molar-refractivity contribution in [2.75, 3.05) is 39.9 Å². The normalized spacial score (nSPS) is 20.5. The Morgan fingerprint density at radius 1 is 1.15 bits per heavy atom. The van der Waals surface area contributed by atoms with E-state index in [-0.39, 0.29) is 12.5 Å². The van der Waals surface area contributed by atoms with Gasteiger partial charge in [0.25, 0.3) is 5.91 Å². The second-order valence-corrected chi connectivity index (χ2v) is 6.38. The number of hydrogen-bond acceptors (Lipinski definition) is 7. The monoisotopic (exact) mass is 377 g/mol. The van der Waals surface area contributed by atoms with Gasteiger partial charge in [0.1, 0.15) is 6.61 Å². The number of nitrogens with zero attached hydrogens (tertiary/aromatic N) is 2. The van der Waals surface area contributed by atoms with E-state index in [9.17, 15) is 14.4 Å². The zero-order chi connectivity index (χ0) is 19.4. The first kappa shape index (κ1) is 19.0. The predicted octanol–water partition coefficient (Wildman–Crippen LogP) is 0.242. The Morgan fingerprint density at radius 3 is 2.48 bits per heavy atom. The molecule has 9 heteroatoms. The lowest BCUT2D eigenvalue weighted by molar-refractivity contribution is -0.143. The van der Waals surface area contributed by atoms with Gasteiger partial charge in [-0.25, -0.2) is 4.79 Å². The lowest BCUT2D eigenvalue weighted by atomic mass is 10.2. The van der Waals surface area contributed by atoms with Crippen molar-refractivity contribution in [1.29, 1.82) is 0 Å². The number of amides is 3. The van der Waals surface area contributed by atoms with Crippen LogP contribution in [0.4, 0.5) is 4.79 Å². The van der Waals surface area contributed by atoms with Crippen molar-refractivity contribution >= 4 is 17.9 Å². The molecule has 0 bridgehead atoms. The van der Waals surface area contributed by atoms with E-state index >= 15 is 0 Å². The minimum absolute atomic E-state index is 0.129. The molecule has 2 aliphatic heterocycles. The lowest BCUT2D eigenvalue weighted by Gasteiger charge is -2.38. The van der Waals surface area contributed by atoms with Crippen LogP contribution in [0.3, 0.4) is 0 Å². The first-order valence-corrected chi connectivity index (χ1v) is 8.79. The first-order chi connectivity index (χ1) is 13.0. The quantitative estimate of drug-likeness (QED) is 0.806. The van der Waals surface area contributed by atoms with E-state index in [1.807, 2.05) is 17.0 Å². The van der Waals surface area contributed by atoms with Crippen LogP contribution in [0.1, 0.15) is 6.92 Å². The molecule has 0 unspecified atom stereocenters. The summed E-state index contributed by atoms with van der Waals surface area (Å²) in [5, 5.41) is 2.16. The van der Waals surface area contributed by atoms with E-state index in [1.54, 1.807) is 24.0 Å². The highest BCUT2D eigenvalue weighted by atomic mass is 16.6. The third kappa shape index (κ3) is 4.30. The van der Waals surface area contributed by atoms with E-state index in [0.717, 1.165) is 0 Å². The Kier molecular flexibility index (Phi) is 5.80. The maximum atomic E-state index is 12.7. The van der Waals surface area contributed by atoms with Gasteiger partial charge in [0.2, 0.25) is 12.0 Å². The number of piperazine rings is 1. The van der Waals surface area contributed by atoms with Crippen molar-refractivity contribution in [2.24, 2.45) is 0 Å². The Hall–Kier alpha value is -2.81. The average molecular weight is 377 g/mol. The standard InChI is InChI=1S/C18H23N3O6/c1-12(16(22)19-18(24)25-2)20-7-9-21(10-8-20)17(23)15-11-26-13-5-3-4-6-14(13)27-15/h3-6,12,15H,7-11H2,1-2H3,(H,19,22,24)/t12-,15-/m1/s1. The Balaban J connectivity index is 1.51. The number of benzene rings is 1. The van der Waals surface area contributed by atoms with Crippen LogP contribution in [-0.4, -0.2) is 79.7 Å². The molecular weight excluding hydrogens is 354 g/mol. The fourth-order valence-corrected chi connectivity index (χ4v) is 3.10. The van der Waals surface area contributed by atoms with Crippen molar-refractivity contribution in [3.63, 3.8) is 0 Å². The van der Waals surface area contributed by atoms with Gasteiger partial charge >= 0.3 is 6.09 Å². The molecule has 9 nitrogen and oxygen atoms in total. The summed E-state index contributed by atoms with van der Waals surface area (Å²) >= 11 is 0. The van der Waals surface area contributed by atoms with Crippen molar-refractivity contribution in [3.05, 3.63) is 24.3 Å². The minimum atomic E-state index is -0.782. The van der Waals surface area contributed by atoms with E-state index in [1.165, 1.54) is 7.11 Å². The zero-order valence-electron chi connectivity index (χ0n) is 15.3. The number of carbonyl (C=O) groups is 3. The van der Waals surface area contributed by atoms with Gasteiger partial charge in [-0.3, -0.25) is 19.8 Å². The molecule has 0 radical (unpaired) electrons. The van der Waals surface area contributed by atoms with Crippen LogP contribution in [0.2, 0.25) is 0 Å². The molecule has 1 fully saturated rings. The highest BCUT2D eigenvalue weighted by molar-refractivity contribution is 5.94. The molecule has 2 aliphatic rings. The molecule has 3 rings (SSSR count). The number of rotatable bonds is 3. The number of imide groups is 1. The topological polar surface area (TPSA) is 97.4 Å².